The van der Waals surface area contributed by atoms with Crippen LogP contribution < -0.4 is 11.5 Å². The van der Waals surface area contributed by atoms with Crippen molar-refractivity contribution in [3.63, 3.8) is 0 Å². The minimum Gasteiger partial charge on any atom is -0.502 e. The van der Waals surface area contributed by atoms with E-state index in [0.29, 0.717) is 4.47 Å². The van der Waals surface area contributed by atoms with Crippen LogP contribution in [-0.4, -0.2) is 32.4 Å². The summed E-state index contributed by atoms with van der Waals surface area (Å²) in [7, 11) is 0. The molecule has 0 fully saturated rings. The molecule has 12 heteroatoms. The molecular formula is C10H8BrN7O4. The normalized spacial score (nSPS) is 12.0. The fourth-order valence-electron chi connectivity index (χ4n) is 1.42. The number of anilines is 1. The topological polar surface area (TPSA) is 179 Å². The van der Waals surface area contributed by atoms with Crippen molar-refractivity contribution < 1.29 is 14.7 Å². The van der Waals surface area contributed by atoms with Crippen LogP contribution in [0.5, 0.6) is 5.75 Å². The largest absolute Gasteiger partial charge is 0.502 e. The molecule has 0 unspecified atom stereocenters. The number of halogens is 1. The van der Waals surface area contributed by atoms with E-state index in [4.69, 9.17) is 11.5 Å². The van der Waals surface area contributed by atoms with E-state index in [1.807, 2.05) is 0 Å². The van der Waals surface area contributed by atoms with Crippen LogP contribution in [0.1, 0.15) is 11.3 Å². The number of rotatable bonds is 4. The van der Waals surface area contributed by atoms with Crippen LogP contribution in [0.4, 0.5) is 11.5 Å². The van der Waals surface area contributed by atoms with Gasteiger partial charge >= 0.3 is 5.69 Å². The predicted octanol–water partition coefficient (Wildman–Crippen LogP) is 0.767. The van der Waals surface area contributed by atoms with Crippen LogP contribution in [0.2, 0.25) is 0 Å². The summed E-state index contributed by atoms with van der Waals surface area (Å²) in [6.45, 7) is 0. The highest BCUT2D eigenvalue weighted by Crippen LogP contribution is 2.32. The van der Waals surface area contributed by atoms with Gasteiger partial charge in [0.25, 0.3) is 0 Å². The summed E-state index contributed by atoms with van der Waals surface area (Å²) in [6.07, 6.45) is 1.09. The Morgan fingerprint density at radius 3 is 2.82 bits per heavy atom. The van der Waals surface area contributed by atoms with Gasteiger partial charge in [0, 0.05) is 16.1 Å². The highest BCUT2D eigenvalue weighted by atomic mass is 79.9. The molecule has 1 aromatic carbocycles. The molecular weight excluding hydrogens is 362 g/mol. The number of phenolic OH excluding ortho intramolecular Hbond substituents is 1. The summed E-state index contributed by atoms with van der Waals surface area (Å²) < 4.78 is 4.74. The standard InChI is InChI=1S/C10H8BrN7O4/c11-5-1-4(8(19)6(2-5)18(20)21)3-14-15-9(12)7-10(13)17-22-16-7/h1-3,19H,(H2,12,15)(H2,13,17)/b14-3+. The first-order valence-corrected chi connectivity index (χ1v) is 6.31. The third kappa shape index (κ3) is 3.17. The molecule has 11 nitrogen and oxygen atoms in total. The van der Waals surface area contributed by atoms with Gasteiger partial charge in [0.05, 0.1) is 11.1 Å². The fraction of sp³-hybridized carbons (Fsp3) is 0. The molecule has 5 N–H and O–H groups in total. The molecule has 114 valence electrons. The number of benzene rings is 1. The minimum atomic E-state index is -0.725. The van der Waals surface area contributed by atoms with Crippen molar-refractivity contribution in [1.29, 1.82) is 0 Å². The van der Waals surface area contributed by atoms with Crippen LogP contribution in [0, 0.1) is 10.1 Å². The first-order chi connectivity index (χ1) is 10.4. The van der Waals surface area contributed by atoms with Gasteiger partial charge in [-0.3, -0.25) is 10.1 Å². The average molecular weight is 370 g/mol. The lowest BCUT2D eigenvalue weighted by atomic mass is 10.2. The van der Waals surface area contributed by atoms with Gasteiger partial charge in [0.1, 0.15) is 0 Å². The predicted molar refractivity (Wildman–Crippen MR) is 79.5 cm³/mol. The van der Waals surface area contributed by atoms with Gasteiger partial charge in [-0.1, -0.05) is 15.9 Å². The Kier molecular flexibility index (Phi) is 4.31. The first kappa shape index (κ1) is 15.4. The van der Waals surface area contributed by atoms with Gasteiger partial charge in [-0.15, -0.1) is 5.10 Å². The highest BCUT2D eigenvalue weighted by molar-refractivity contribution is 9.10. The van der Waals surface area contributed by atoms with Crippen molar-refractivity contribution in [2.24, 2.45) is 15.9 Å². The third-order valence-corrected chi connectivity index (χ3v) is 2.86. The van der Waals surface area contributed by atoms with Crippen molar-refractivity contribution in [1.82, 2.24) is 10.3 Å². The SMILES string of the molecule is N/C(=N\N=C\c1cc(Br)cc([N+](=O)[O-])c1O)c1nonc1N. The molecule has 0 radical (unpaired) electrons. The molecule has 0 bridgehead atoms. The summed E-state index contributed by atoms with van der Waals surface area (Å²) in [6, 6.07) is 2.58. The number of hydrogen-bond donors (Lipinski definition) is 3. The van der Waals surface area contributed by atoms with Crippen molar-refractivity contribution in [2.75, 3.05) is 5.73 Å². The zero-order chi connectivity index (χ0) is 16.3. The maximum absolute atomic E-state index is 10.8. The fourth-order valence-corrected chi connectivity index (χ4v) is 1.88. The smallest absolute Gasteiger partial charge is 0.312 e. The number of nitro groups is 1. The lowest BCUT2D eigenvalue weighted by Gasteiger charge is -2.00. The zero-order valence-electron chi connectivity index (χ0n) is 10.7. The van der Waals surface area contributed by atoms with E-state index in [-0.39, 0.29) is 22.9 Å². The average Bonchev–Trinajstić information content (AvgIpc) is 2.88. The Morgan fingerprint density at radius 1 is 1.50 bits per heavy atom. The Bertz CT molecular complexity index is 786. The number of phenols is 1. The Balaban J connectivity index is 2.31. The number of aromatic hydroxyl groups is 1. The van der Waals surface area contributed by atoms with E-state index in [0.717, 1.165) is 12.3 Å². The number of nitrogen functional groups attached to an aromatic ring is 1. The summed E-state index contributed by atoms with van der Waals surface area (Å²) in [4.78, 5) is 10.1. The molecule has 1 heterocycles. The van der Waals surface area contributed by atoms with Crippen LogP contribution in [0.25, 0.3) is 0 Å². The lowest BCUT2D eigenvalue weighted by molar-refractivity contribution is -0.385. The molecule has 0 saturated heterocycles. The number of aromatic nitrogens is 2. The van der Waals surface area contributed by atoms with Gasteiger partial charge in [-0.05, 0) is 16.4 Å². The van der Waals surface area contributed by atoms with Gasteiger partial charge in [-0.2, -0.15) is 5.10 Å². The van der Waals surface area contributed by atoms with Crippen molar-refractivity contribution in [3.8, 4) is 5.75 Å². The Hall–Kier alpha value is -3.02. The molecule has 0 saturated carbocycles. The minimum absolute atomic E-state index is 0.0154. The Morgan fingerprint density at radius 2 is 2.23 bits per heavy atom. The van der Waals surface area contributed by atoms with Crippen molar-refractivity contribution in [2.45, 2.75) is 0 Å². The molecule has 0 aliphatic heterocycles. The molecule has 0 aliphatic rings. The highest BCUT2D eigenvalue weighted by Gasteiger charge is 2.17. The van der Waals surface area contributed by atoms with E-state index in [1.165, 1.54) is 6.07 Å². The number of nitrogens with two attached hydrogens (primary N) is 2. The maximum Gasteiger partial charge on any atom is 0.312 e. The van der Waals surface area contributed by atoms with E-state index < -0.39 is 16.4 Å². The zero-order valence-corrected chi connectivity index (χ0v) is 12.3. The molecule has 22 heavy (non-hydrogen) atoms. The number of nitro benzene ring substituents is 1. The Labute approximate surface area is 130 Å². The van der Waals surface area contributed by atoms with E-state index in [1.54, 1.807) is 0 Å². The summed E-state index contributed by atoms with van der Waals surface area (Å²) in [5.74, 6) is -0.773. The first-order valence-electron chi connectivity index (χ1n) is 5.52. The third-order valence-electron chi connectivity index (χ3n) is 2.40. The number of amidine groups is 1. The van der Waals surface area contributed by atoms with Crippen LogP contribution >= 0.6 is 15.9 Å². The second-order valence-corrected chi connectivity index (χ2v) is 4.76. The summed E-state index contributed by atoms with van der Waals surface area (Å²) >= 11 is 3.09. The van der Waals surface area contributed by atoms with Gasteiger partial charge < -0.3 is 16.6 Å². The second kappa shape index (κ2) is 6.17. The molecule has 2 aromatic rings. The van der Waals surface area contributed by atoms with Crippen LogP contribution in [0.15, 0.2) is 31.4 Å². The number of nitrogens with zero attached hydrogens (tertiary/aromatic N) is 5. The van der Waals surface area contributed by atoms with Gasteiger partial charge in [0.2, 0.25) is 5.75 Å². The molecule has 0 atom stereocenters. The number of hydrogen-bond acceptors (Lipinski definition) is 9. The molecule has 0 amide bonds. The lowest BCUT2D eigenvalue weighted by Crippen LogP contribution is -2.15. The van der Waals surface area contributed by atoms with Crippen molar-refractivity contribution in [3.05, 3.63) is 38.0 Å². The van der Waals surface area contributed by atoms with Crippen molar-refractivity contribution >= 4 is 39.5 Å². The van der Waals surface area contributed by atoms with Crippen LogP contribution in [-0.2, 0) is 0 Å². The van der Waals surface area contributed by atoms with E-state index in [9.17, 15) is 15.2 Å². The van der Waals surface area contributed by atoms with Gasteiger partial charge in [-0.25, -0.2) is 4.63 Å². The summed E-state index contributed by atoms with van der Waals surface area (Å²) in [5.41, 5.74) is 10.6. The monoisotopic (exact) mass is 369 g/mol. The summed E-state index contributed by atoms with van der Waals surface area (Å²) in [5, 5.41) is 34.5. The maximum atomic E-state index is 10.8. The van der Waals surface area contributed by atoms with E-state index >= 15 is 0 Å². The molecule has 2 rings (SSSR count). The van der Waals surface area contributed by atoms with Crippen LogP contribution in [0.3, 0.4) is 0 Å². The molecule has 0 spiro atoms. The van der Waals surface area contributed by atoms with Gasteiger partial charge in [0.15, 0.2) is 17.3 Å². The quantitative estimate of drug-likeness (QED) is 0.305. The molecule has 1 aromatic heterocycles. The van der Waals surface area contributed by atoms with E-state index in [2.05, 4.69) is 41.1 Å². The second-order valence-electron chi connectivity index (χ2n) is 3.85. The molecule has 0 aliphatic carbocycles.